The van der Waals surface area contributed by atoms with Crippen molar-refractivity contribution in [1.29, 1.82) is 0 Å². The maximum Gasteiger partial charge on any atom is 0.311 e. The molecule has 2 heterocycles. The number of carbonyl (C=O) groups is 2. The van der Waals surface area contributed by atoms with Gasteiger partial charge in [-0.2, -0.15) is 0 Å². The number of rotatable bonds is 4. The second-order valence-corrected chi connectivity index (χ2v) is 5.91. The Hall–Kier alpha value is -2.54. The lowest BCUT2D eigenvalue weighted by Crippen LogP contribution is -2.46. The van der Waals surface area contributed by atoms with Gasteiger partial charge in [-0.05, 0) is 31.0 Å². The first kappa shape index (κ1) is 16.3. The average molecular weight is 332 g/mol. The molecule has 24 heavy (non-hydrogen) atoms. The van der Waals surface area contributed by atoms with Gasteiger partial charge in [-0.3, -0.25) is 14.6 Å². The number of halogens is 1. The summed E-state index contributed by atoms with van der Waals surface area (Å²) in [6, 6.07) is 5.74. The molecule has 0 unspecified atom stereocenters. The molecule has 0 spiro atoms. The number of hydrogen-bond acceptors (Lipinski definition) is 4. The van der Waals surface area contributed by atoms with Crippen LogP contribution < -0.4 is 5.32 Å². The molecule has 1 amide bonds. The molecule has 1 fully saturated rings. The molecule has 0 saturated carbocycles. The fourth-order valence-corrected chi connectivity index (χ4v) is 2.90. The molecular weight excluding hydrogens is 315 g/mol. The van der Waals surface area contributed by atoms with Gasteiger partial charge in [-0.15, -0.1) is 0 Å². The van der Waals surface area contributed by atoms with E-state index in [1.807, 2.05) is 0 Å². The molecule has 1 aromatic heterocycles. The molecule has 3 rings (SSSR count). The van der Waals surface area contributed by atoms with Gasteiger partial charge in [0.05, 0.1) is 16.5 Å². The third-order valence-electron chi connectivity index (χ3n) is 4.41. The Bertz CT molecular complexity index is 787. The maximum absolute atomic E-state index is 13.7. The largest absolute Gasteiger partial charge is 0.481 e. The number of fused-ring (bicyclic) bond motifs is 1. The Balaban J connectivity index is 1.84. The van der Waals surface area contributed by atoms with E-state index in [-0.39, 0.29) is 12.1 Å². The normalized spacial score (nSPS) is 16.7. The van der Waals surface area contributed by atoms with Crippen LogP contribution in [-0.4, -0.2) is 41.7 Å². The molecule has 2 aromatic rings. The van der Waals surface area contributed by atoms with Gasteiger partial charge in [0.15, 0.2) is 0 Å². The van der Waals surface area contributed by atoms with Crippen LogP contribution >= 0.6 is 0 Å². The molecule has 1 aliphatic rings. The van der Waals surface area contributed by atoms with Crippen LogP contribution in [0.1, 0.15) is 23.2 Å². The van der Waals surface area contributed by atoms with E-state index in [2.05, 4.69) is 10.3 Å². The van der Waals surface area contributed by atoms with Crippen LogP contribution in [0.5, 0.6) is 0 Å². The molecular formula is C17H17FN2O4. The minimum atomic E-state index is -1.05. The summed E-state index contributed by atoms with van der Waals surface area (Å²) in [7, 11) is 0. The highest BCUT2D eigenvalue weighted by Gasteiger charge is 2.40. The van der Waals surface area contributed by atoms with Crippen LogP contribution in [-0.2, 0) is 9.53 Å². The quantitative estimate of drug-likeness (QED) is 0.894. The molecule has 6 nitrogen and oxygen atoms in total. The third kappa shape index (κ3) is 3.07. The predicted molar refractivity (Wildman–Crippen MR) is 84.2 cm³/mol. The number of carbonyl (C=O) groups excluding carboxylic acids is 1. The van der Waals surface area contributed by atoms with Crippen molar-refractivity contribution in [2.45, 2.75) is 12.8 Å². The van der Waals surface area contributed by atoms with E-state index in [1.54, 1.807) is 12.1 Å². The van der Waals surface area contributed by atoms with Gasteiger partial charge in [0, 0.05) is 31.3 Å². The lowest BCUT2D eigenvalue weighted by atomic mass is 9.80. The lowest BCUT2D eigenvalue weighted by molar-refractivity contribution is -0.154. The number of carboxylic acid groups (broad SMARTS) is 1. The zero-order chi connectivity index (χ0) is 17.2. The number of benzene rings is 1. The molecule has 1 aliphatic heterocycles. The second kappa shape index (κ2) is 6.52. The summed E-state index contributed by atoms with van der Waals surface area (Å²) < 4.78 is 18.9. The van der Waals surface area contributed by atoms with E-state index in [9.17, 15) is 19.1 Å². The zero-order valence-corrected chi connectivity index (χ0v) is 12.9. The summed E-state index contributed by atoms with van der Waals surface area (Å²) in [5, 5.41) is 12.7. The Kier molecular flexibility index (Phi) is 4.44. The first-order valence-corrected chi connectivity index (χ1v) is 7.65. The molecule has 2 N–H and O–H groups in total. The van der Waals surface area contributed by atoms with Crippen LogP contribution in [0, 0.1) is 11.2 Å². The summed E-state index contributed by atoms with van der Waals surface area (Å²) in [5.41, 5.74) is -0.573. The Morgan fingerprint density at radius 3 is 2.79 bits per heavy atom. The van der Waals surface area contributed by atoms with Gasteiger partial charge in [-0.1, -0.05) is 6.07 Å². The summed E-state index contributed by atoms with van der Waals surface area (Å²) in [5.74, 6) is -2.04. The minimum absolute atomic E-state index is 0.0324. The van der Waals surface area contributed by atoms with Crippen molar-refractivity contribution >= 4 is 22.8 Å². The van der Waals surface area contributed by atoms with E-state index >= 15 is 0 Å². The first-order valence-electron chi connectivity index (χ1n) is 7.65. The SMILES string of the molecule is O=C(NCC1(C(=O)O)CCOCC1)c1cc(F)cc2cccnc12. The highest BCUT2D eigenvalue weighted by Crippen LogP contribution is 2.30. The molecule has 1 aromatic carbocycles. The highest BCUT2D eigenvalue weighted by molar-refractivity contribution is 6.05. The van der Waals surface area contributed by atoms with Crippen molar-refractivity contribution in [3.8, 4) is 0 Å². The van der Waals surface area contributed by atoms with Crippen LogP contribution in [0.15, 0.2) is 30.5 Å². The molecule has 7 heteroatoms. The number of carboxylic acids is 1. The molecule has 126 valence electrons. The Morgan fingerprint density at radius 1 is 1.33 bits per heavy atom. The van der Waals surface area contributed by atoms with Gasteiger partial charge in [0.2, 0.25) is 0 Å². The standard InChI is InChI=1S/C17H17FN2O4/c18-12-8-11-2-1-5-19-14(11)13(9-12)15(21)20-10-17(16(22)23)3-6-24-7-4-17/h1-2,5,8-9H,3-4,6-7,10H2,(H,20,21)(H,22,23). The van der Waals surface area contributed by atoms with Gasteiger partial charge in [0.25, 0.3) is 5.91 Å². The Labute approximate surface area is 137 Å². The zero-order valence-electron chi connectivity index (χ0n) is 12.9. The van der Waals surface area contributed by atoms with Gasteiger partial charge in [0.1, 0.15) is 5.82 Å². The Morgan fingerprint density at radius 2 is 2.08 bits per heavy atom. The van der Waals surface area contributed by atoms with Crippen molar-refractivity contribution in [2.75, 3.05) is 19.8 Å². The first-order chi connectivity index (χ1) is 11.5. The van der Waals surface area contributed by atoms with E-state index < -0.39 is 23.1 Å². The molecule has 0 aliphatic carbocycles. The lowest BCUT2D eigenvalue weighted by Gasteiger charge is -2.33. The number of amides is 1. The summed E-state index contributed by atoms with van der Waals surface area (Å²) >= 11 is 0. The van der Waals surface area contributed by atoms with Crippen LogP contribution in [0.3, 0.4) is 0 Å². The predicted octanol–water partition coefficient (Wildman–Crippen LogP) is 1.99. The summed E-state index contributed by atoms with van der Waals surface area (Å²) in [6.45, 7) is 0.647. The van der Waals surface area contributed by atoms with E-state index in [4.69, 9.17) is 4.74 Å². The number of nitrogens with one attached hydrogen (secondary N) is 1. The monoisotopic (exact) mass is 332 g/mol. The van der Waals surface area contributed by atoms with E-state index in [0.717, 1.165) is 6.07 Å². The van der Waals surface area contributed by atoms with Gasteiger partial charge < -0.3 is 15.2 Å². The fraction of sp³-hybridized carbons (Fsp3) is 0.353. The maximum atomic E-state index is 13.7. The van der Waals surface area contributed by atoms with Crippen molar-refractivity contribution in [3.05, 3.63) is 41.8 Å². The van der Waals surface area contributed by atoms with Crippen LogP contribution in [0.25, 0.3) is 10.9 Å². The number of aliphatic carboxylic acids is 1. The molecule has 0 bridgehead atoms. The van der Waals surface area contributed by atoms with Gasteiger partial charge >= 0.3 is 5.97 Å². The number of hydrogen-bond donors (Lipinski definition) is 2. The van der Waals surface area contributed by atoms with Gasteiger partial charge in [-0.25, -0.2) is 4.39 Å². The minimum Gasteiger partial charge on any atom is -0.481 e. The van der Waals surface area contributed by atoms with E-state index in [1.165, 1.54) is 12.3 Å². The van der Waals surface area contributed by atoms with E-state index in [0.29, 0.717) is 37.0 Å². The van der Waals surface area contributed by atoms with Crippen molar-refractivity contribution in [1.82, 2.24) is 10.3 Å². The van der Waals surface area contributed by atoms with Crippen molar-refractivity contribution in [3.63, 3.8) is 0 Å². The third-order valence-corrected chi connectivity index (χ3v) is 4.41. The highest BCUT2D eigenvalue weighted by atomic mass is 19.1. The topological polar surface area (TPSA) is 88.5 Å². The molecule has 0 atom stereocenters. The summed E-state index contributed by atoms with van der Waals surface area (Å²) in [4.78, 5) is 28.2. The van der Waals surface area contributed by atoms with Crippen molar-refractivity contribution < 1.29 is 23.8 Å². The van der Waals surface area contributed by atoms with Crippen molar-refractivity contribution in [2.24, 2.45) is 5.41 Å². The number of ether oxygens (including phenoxy) is 1. The average Bonchev–Trinajstić information content (AvgIpc) is 2.59. The smallest absolute Gasteiger partial charge is 0.311 e. The molecule has 1 saturated heterocycles. The summed E-state index contributed by atoms with van der Waals surface area (Å²) in [6.07, 6.45) is 2.17. The molecule has 0 radical (unpaired) electrons. The number of aromatic nitrogens is 1. The van der Waals surface area contributed by atoms with Crippen LogP contribution in [0.2, 0.25) is 0 Å². The number of pyridine rings is 1. The van der Waals surface area contributed by atoms with Crippen LogP contribution in [0.4, 0.5) is 4.39 Å². The fourth-order valence-electron chi connectivity index (χ4n) is 2.90. The number of nitrogens with zero attached hydrogens (tertiary/aromatic N) is 1. The second-order valence-electron chi connectivity index (χ2n) is 5.91.